The maximum Gasteiger partial charge on any atom is 0.287 e. The molecule has 0 atom stereocenters. The second-order valence-electron chi connectivity index (χ2n) is 6.04. The van der Waals surface area contributed by atoms with Crippen molar-refractivity contribution in [3.05, 3.63) is 35.6 Å². The number of primary amides is 1. The lowest BCUT2D eigenvalue weighted by Gasteiger charge is -2.31. The van der Waals surface area contributed by atoms with Gasteiger partial charge in [0.15, 0.2) is 5.76 Å². The Kier molecular flexibility index (Phi) is 4.34. The predicted octanol–water partition coefficient (Wildman–Crippen LogP) is 1.42. The fourth-order valence-corrected chi connectivity index (χ4v) is 3.10. The summed E-state index contributed by atoms with van der Waals surface area (Å²) in [4.78, 5) is 25.4. The van der Waals surface area contributed by atoms with Gasteiger partial charge in [-0.15, -0.1) is 0 Å². The van der Waals surface area contributed by atoms with Crippen LogP contribution in [-0.4, -0.2) is 42.4 Å². The van der Waals surface area contributed by atoms with Gasteiger partial charge in [-0.25, -0.2) is 0 Å². The number of carbonyl (C=O) groups excluding carboxylic acids is 2. The van der Waals surface area contributed by atoms with Crippen molar-refractivity contribution in [2.24, 2.45) is 5.73 Å². The Balaban J connectivity index is 1.63. The Morgan fingerprint density at radius 2 is 2.00 bits per heavy atom. The molecular weight excluding hydrogens is 294 g/mol. The summed E-state index contributed by atoms with van der Waals surface area (Å²) in [5.74, 6) is -0.108. The molecule has 1 saturated heterocycles. The van der Waals surface area contributed by atoms with Gasteiger partial charge in [0.05, 0.1) is 6.54 Å². The fraction of sp³-hybridized carbons (Fsp3) is 0.412. The molecule has 0 spiro atoms. The summed E-state index contributed by atoms with van der Waals surface area (Å²) in [5.41, 5.74) is 6.80. The highest BCUT2D eigenvalue weighted by atomic mass is 16.3. The van der Waals surface area contributed by atoms with Gasteiger partial charge in [-0.3, -0.25) is 14.5 Å². The maximum atomic E-state index is 12.5. The van der Waals surface area contributed by atoms with Crippen LogP contribution in [0.3, 0.4) is 0 Å². The molecule has 0 bridgehead atoms. The van der Waals surface area contributed by atoms with Crippen molar-refractivity contribution < 1.29 is 14.0 Å². The molecule has 1 aliphatic heterocycles. The molecule has 1 fully saturated rings. The molecule has 1 aliphatic rings. The molecule has 6 heteroatoms. The number of furan rings is 1. The summed E-state index contributed by atoms with van der Waals surface area (Å²) in [7, 11) is 0. The molecule has 3 rings (SSSR count). The number of hydrogen-bond acceptors (Lipinski definition) is 4. The summed E-state index contributed by atoms with van der Waals surface area (Å²) in [6, 6.07) is 7.73. The van der Waals surface area contributed by atoms with Crippen molar-refractivity contribution in [2.45, 2.75) is 25.8 Å². The van der Waals surface area contributed by atoms with E-state index in [0.29, 0.717) is 5.76 Å². The zero-order chi connectivity index (χ0) is 16.4. The van der Waals surface area contributed by atoms with Crippen LogP contribution in [0.2, 0.25) is 0 Å². The van der Waals surface area contributed by atoms with Crippen LogP contribution in [0, 0.1) is 6.92 Å². The third kappa shape index (κ3) is 3.37. The van der Waals surface area contributed by atoms with E-state index in [4.69, 9.17) is 10.2 Å². The first-order chi connectivity index (χ1) is 11.0. The molecule has 6 nitrogen and oxygen atoms in total. The van der Waals surface area contributed by atoms with E-state index in [-0.39, 0.29) is 24.4 Å². The van der Waals surface area contributed by atoms with Crippen LogP contribution in [0.5, 0.6) is 0 Å². The Morgan fingerprint density at radius 3 is 2.65 bits per heavy atom. The topological polar surface area (TPSA) is 88.6 Å². The van der Waals surface area contributed by atoms with Gasteiger partial charge in [-0.2, -0.15) is 0 Å². The molecule has 0 saturated carbocycles. The second kappa shape index (κ2) is 6.42. The lowest BCUT2D eigenvalue weighted by molar-refractivity contribution is -0.119. The molecule has 2 heterocycles. The number of nitrogens with one attached hydrogen (secondary N) is 1. The van der Waals surface area contributed by atoms with Crippen molar-refractivity contribution in [1.29, 1.82) is 0 Å². The van der Waals surface area contributed by atoms with Crippen LogP contribution in [0.25, 0.3) is 11.0 Å². The van der Waals surface area contributed by atoms with Crippen molar-refractivity contribution in [1.82, 2.24) is 10.2 Å². The highest BCUT2D eigenvalue weighted by Gasteiger charge is 2.24. The van der Waals surface area contributed by atoms with E-state index >= 15 is 0 Å². The number of aryl methyl sites for hydroxylation is 1. The van der Waals surface area contributed by atoms with Gasteiger partial charge in [0.1, 0.15) is 5.58 Å². The molecule has 3 N–H and O–H groups in total. The largest absolute Gasteiger partial charge is 0.451 e. The van der Waals surface area contributed by atoms with Crippen LogP contribution in [0.15, 0.2) is 28.7 Å². The van der Waals surface area contributed by atoms with Crippen LogP contribution >= 0.6 is 0 Å². The van der Waals surface area contributed by atoms with Gasteiger partial charge in [-0.1, -0.05) is 18.2 Å². The van der Waals surface area contributed by atoms with Crippen molar-refractivity contribution in [3.63, 3.8) is 0 Å². The lowest BCUT2D eigenvalue weighted by atomic mass is 10.0. The van der Waals surface area contributed by atoms with Crippen LogP contribution in [-0.2, 0) is 4.79 Å². The summed E-state index contributed by atoms with van der Waals surface area (Å²) in [5, 5.41) is 4.00. The zero-order valence-corrected chi connectivity index (χ0v) is 13.2. The number of nitrogens with two attached hydrogens (primary N) is 1. The second-order valence-corrected chi connectivity index (χ2v) is 6.04. The number of rotatable bonds is 4. The summed E-state index contributed by atoms with van der Waals surface area (Å²) in [6.07, 6.45) is 1.61. The highest BCUT2D eigenvalue weighted by Crippen LogP contribution is 2.25. The van der Waals surface area contributed by atoms with Gasteiger partial charge in [0, 0.05) is 30.1 Å². The summed E-state index contributed by atoms with van der Waals surface area (Å²) < 4.78 is 5.69. The number of amides is 2. The Morgan fingerprint density at radius 1 is 1.30 bits per heavy atom. The fourth-order valence-electron chi connectivity index (χ4n) is 3.10. The molecule has 1 aromatic heterocycles. The highest BCUT2D eigenvalue weighted by molar-refractivity contribution is 5.99. The molecule has 2 amide bonds. The van der Waals surface area contributed by atoms with Crippen LogP contribution in [0.4, 0.5) is 0 Å². The number of fused-ring (bicyclic) bond motifs is 1. The Bertz CT molecular complexity index is 730. The van der Waals surface area contributed by atoms with Gasteiger partial charge in [0.2, 0.25) is 5.91 Å². The number of benzene rings is 1. The minimum Gasteiger partial charge on any atom is -0.451 e. The summed E-state index contributed by atoms with van der Waals surface area (Å²) in [6.45, 7) is 3.69. The molecule has 122 valence electrons. The molecule has 0 radical (unpaired) electrons. The van der Waals surface area contributed by atoms with Crippen LogP contribution < -0.4 is 11.1 Å². The van der Waals surface area contributed by atoms with Crippen molar-refractivity contribution in [3.8, 4) is 0 Å². The van der Waals surface area contributed by atoms with E-state index in [0.717, 1.165) is 42.5 Å². The number of para-hydroxylation sites is 1. The van der Waals surface area contributed by atoms with E-state index in [2.05, 4.69) is 5.32 Å². The minimum absolute atomic E-state index is 0.0965. The van der Waals surface area contributed by atoms with E-state index in [1.165, 1.54) is 0 Å². The Hall–Kier alpha value is -2.34. The number of carbonyl (C=O) groups is 2. The first-order valence-corrected chi connectivity index (χ1v) is 7.84. The predicted molar refractivity (Wildman–Crippen MR) is 87.1 cm³/mol. The SMILES string of the molecule is Cc1c(C(=O)NC2CCN(CC(N)=O)CC2)oc2ccccc12. The molecule has 2 aromatic rings. The van der Waals surface area contributed by atoms with Crippen molar-refractivity contribution in [2.75, 3.05) is 19.6 Å². The van der Waals surface area contributed by atoms with Gasteiger partial charge in [0.25, 0.3) is 5.91 Å². The monoisotopic (exact) mass is 315 g/mol. The van der Waals surface area contributed by atoms with E-state index < -0.39 is 0 Å². The zero-order valence-electron chi connectivity index (χ0n) is 13.2. The number of nitrogens with zero attached hydrogens (tertiary/aromatic N) is 1. The first-order valence-electron chi connectivity index (χ1n) is 7.84. The molecule has 0 unspecified atom stereocenters. The molecule has 23 heavy (non-hydrogen) atoms. The standard InChI is InChI=1S/C17H21N3O3/c1-11-13-4-2-3-5-14(13)23-16(11)17(22)19-12-6-8-20(9-7-12)10-15(18)21/h2-5,12H,6-10H2,1H3,(H2,18,21)(H,19,22). The average Bonchev–Trinajstić information content (AvgIpc) is 2.86. The Labute approximate surface area is 134 Å². The normalized spacial score (nSPS) is 16.6. The number of hydrogen-bond donors (Lipinski definition) is 2. The maximum absolute atomic E-state index is 12.5. The number of piperidine rings is 1. The van der Waals surface area contributed by atoms with Gasteiger partial charge >= 0.3 is 0 Å². The average molecular weight is 315 g/mol. The van der Waals surface area contributed by atoms with E-state index in [1.807, 2.05) is 36.1 Å². The smallest absolute Gasteiger partial charge is 0.287 e. The third-order valence-corrected chi connectivity index (χ3v) is 4.35. The van der Waals surface area contributed by atoms with Gasteiger partial charge in [-0.05, 0) is 25.8 Å². The summed E-state index contributed by atoms with van der Waals surface area (Å²) >= 11 is 0. The molecule has 0 aliphatic carbocycles. The van der Waals surface area contributed by atoms with Crippen LogP contribution in [0.1, 0.15) is 29.0 Å². The lowest BCUT2D eigenvalue weighted by Crippen LogP contribution is -2.46. The molecule has 1 aromatic carbocycles. The van der Waals surface area contributed by atoms with Crippen molar-refractivity contribution >= 4 is 22.8 Å². The third-order valence-electron chi connectivity index (χ3n) is 4.35. The van der Waals surface area contributed by atoms with E-state index in [1.54, 1.807) is 0 Å². The first kappa shape index (κ1) is 15.6. The number of likely N-dealkylation sites (tertiary alicyclic amines) is 1. The minimum atomic E-state index is -0.314. The quantitative estimate of drug-likeness (QED) is 0.893. The van der Waals surface area contributed by atoms with E-state index in [9.17, 15) is 9.59 Å². The van der Waals surface area contributed by atoms with Gasteiger partial charge < -0.3 is 15.5 Å². The molecular formula is C17H21N3O3.